The van der Waals surface area contributed by atoms with Crippen molar-refractivity contribution in [3.8, 4) is 11.1 Å². The van der Waals surface area contributed by atoms with Crippen molar-refractivity contribution >= 4 is 28.7 Å². The minimum absolute atomic E-state index is 0.0225. The highest BCUT2D eigenvalue weighted by atomic mass is 16.5. The van der Waals surface area contributed by atoms with E-state index in [1.54, 1.807) is 6.20 Å². The molecule has 4 heterocycles. The smallest absolute Gasteiger partial charge is 0.295 e. The van der Waals surface area contributed by atoms with Crippen LogP contribution in [0.25, 0.3) is 27.9 Å². The monoisotopic (exact) mass is 403 g/mol. The fraction of sp³-hybridized carbons (Fsp3) is 0.318. The molecule has 152 valence electrons. The second kappa shape index (κ2) is 6.84. The van der Waals surface area contributed by atoms with Crippen molar-refractivity contribution in [3.05, 3.63) is 48.4 Å². The lowest BCUT2D eigenvalue weighted by atomic mass is 10.1. The number of imidazole rings is 1. The number of rotatable bonds is 4. The van der Waals surface area contributed by atoms with E-state index in [9.17, 15) is 4.79 Å². The maximum absolute atomic E-state index is 13.0. The van der Waals surface area contributed by atoms with Crippen LogP contribution in [0.4, 0.5) is 6.01 Å². The summed E-state index contributed by atoms with van der Waals surface area (Å²) in [5.74, 6) is -0.0225. The van der Waals surface area contributed by atoms with E-state index >= 15 is 0 Å². The number of morpholine rings is 1. The maximum Gasteiger partial charge on any atom is 0.295 e. The minimum Gasteiger partial charge on any atom is -0.424 e. The van der Waals surface area contributed by atoms with Gasteiger partial charge in [0, 0.05) is 25.3 Å². The second-order valence-electron chi connectivity index (χ2n) is 7.81. The van der Waals surface area contributed by atoms with Gasteiger partial charge >= 0.3 is 0 Å². The van der Waals surface area contributed by atoms with Crippen LogP contribution in [-0.2, 0) is 4.74 Å². The Balaban J connectivity index is 1.35. The van der Waals surface area contributed by atoms with Crippen LogP contribution in [-0.4, -0.2) is 57.5 Å². The number of ether oxygens (including phenoxy) is 1. The summed E-state index contributed by atoms with van der Waals surface area (Å²) in [6, 6.07) is 11.0. The van der Waals surface area contributed by atoms with E-state index in [1.165, 1.54) is 12.8 Å². The lowest BCUT2D eigenvalue weighted by Gasteiger charge is -2.26. The Bertz CT molecular complexity index is 1250. The van der Waals surface area contributed by atoms with Crippen LogP contribution >= 0.6 is 0 Å². The normalized spacial score (nSPS) is 17.0. The summed E-state index contributed by atoms with van der Waals surface area (Å²) in [7, 11) is 0. The van der Waals surface area contributed by atoms with E-state index in [4.69, 9.17) is 9.15 Å². The number of amides is 1. The van der Waals surface area contributed by atoms with E-state index < -0.39 is 0 Å². The lowest BCUT2D eigenvalue weighted by Crippen LogP contribution is -2.41. The molecule has 4 aromatic rings. The summed E-state index contributed by atoms with van der Waals surface area (Å²) >= 11 is 0. The third kappa shape index (κ3) is 3.09. The Morgan fingerprint density at radius 3 is 2.77 bits per heavy atom. The van der Waals surface area contributed by atoms with Crippen molar-refractivity contribution in [3.63, 3.8) is 0 Å². The van der Waals surface area contributed by atoms with Crippen LogP contribution < -0.4 is 5.32 Å². The molecule has 1 aliphatic heterocycles. The van der Waals surface area contributed by atoms with E-state index in [1.807, 2.05) is 45.8 Å². The van der Waals surface area contributed by atoms with Gasteiger partial charge in [-0.15, -0.1) is 0 Å². The first-order valence-corrected chi connectivity index (χ1v) is 10.3. The predicted molar refractivity (Wildman–Crippen MR) is 112 cm³/mol. The summed E-state index contributed by atoms with van der Waals surface area (Å²) in [6.07, 6.45) is 5.94. The third-order valence-electron chi connectivity index (χ3n) is 5.65. The van der Waals surface area contributed by atoms with Crippen molar-refractivity contribution in [1.29, 1.82) is 0 Å². The summed E-state index contributed by atoms with van der Waals surface area (Å²) < 4.78 is 13.0. The Kier molecular flexibility index (Phi) is 3.98. The average Bonchev–Trinajstić information content (AvgIpc) is 3.34. The summed E-state index contributed by atoms with van der Waals surface area (Å²) in [4.78, 5) is 23.8. The Hall–Kier alpha value is -3.39. The number of carbonyl (C=O) groups excluding carboxylic acids is 1. The van der Waals surface area contributed by atoms with Crippen LogP contribution in [0.15, 0.2) is 47.1 Å². The Labute approximate surface area is 172 Å². The molecule has 0 unspecified atom stereocenters. The number of nitrogens with zero attached hydrogens (tertiary/aromatic N) is 4. The molecule has 0 spiro atoms. The molecule has 1 saturated heterocycles. The van der Waals surface area contributed by atoms with Crippen LogP contribution in [0.2, 0.25) is 0 Å². The van der Waals surface area contributed by atoms with Crippen LogP contribution in [0.3, 0.4) is 0 Å². The molecule has 2 aliphatic rings. The fourth-order valence-corrected chi connectivity index (χ4v) is 3.81. The number of hydrogen-bond donors (Lipinski definition) is 1. The van der Waals surface area contributed by atoms with E-state index in [0.717, 1.165) is 27.9 Å². The number of aromatic nitrogens is 3. The topological polar surface area (TPSA) is 84.9 Å². The largest absolute Gasteiger partial charge is 0.424 e. The van der Waals surface area contributed by atoms with Crippen molar-refractivity contribution in [2.45, 2.75) is 18.9 Å². The summed E-state index contributed by atoms with van der Waals surface area (Å²) in [5.41, 5.74) is 4.87. The first kappa shape index (κ1) is 17.5. The molecular formula is C22H21N5O3. The molecule has 8 nitrogen and oxygen atoms in total. The quantitative estimate of drug-likeness (QED) is 0.563. The summed E-state index contributed by atoms with van der Waals surface area (Å²) in [5, 5.41) is 3.30. The highest BCUT2D eigenvalue weighted by Gasteiger charge is 2.23. The van der Waals surface area contributed by atoms with Crippen molar-refractivity contribution in [1.82, 2.24) is 19.3 Å². The van der Waals surface area contributed by atoms with Crippen molar-refractivity contribution < 1.29 is 13.9 Å². The zero-order valence-electron chi connectivity index (χ0n) is 16.4. The molecule has 0 bridgehead atoms. The molecule has 3 aromatic heterocycles. The standard InChI is InChI=1S/C22H21N5O3/c28-21(26-7-9-29-10-8-26)18-12-23-20-6-2-15(13-27(18)20)14-1-5-19-17(11-14)25-22(30-19)24-16-3-4-16/h1-2,5-6,11-13,16H,3-4,7-10H2,(H,24,25). The molecule has 0 radical (unpaired) electrons. The Morgan fingerprint density at radius 1 is 1.10 bits per heavy atom. The number of nitrogens with one attached hydrogen (secondary N) is 1. The highest BCUT2D eigenvalue weighted by Crippen LogP contribution is 2.29. The van der Waals surface area contributed by atoms with Gasteiger partial charge in [-0.2, -0.15) is 4.98 Å². The predicted octanol–water partition coefficient (Wildman–Crippen LogP) is 3.19. The lowest BCUT2D eigenvalue weighted by molar-refractivity contribution is 0.0298. The highest BCUT2D eigenvalue weighted by molar-refractivity contribution is 5.93. The van der Waals surface area contributed by atoms with Crippen LogP contribution in [0.5, 0.6) is 0 Å². The number of oxazole rings is 1. The number of fused-ring (bicyclic) bond motifs is 2. The first-order valence-electron chi connectivity index (χ1n) is 10.3. The number of anilines is 1. The number of benzene rings is 1. The van der Waals surface area contributed by atoms with Gasteiger partial charge in [0.15, 0.2) is 5.58 Å². The average molecular weight is 403 g/mol. The van der Waals surface area contributed by atoms with Gasteiger partial charge in [0.2, 0.25) is 0 Å². The van der Waals surface area contributed by atoms with Gasteiger partial charge in [0.05, 0.1) is 19.4 Å². The van der Waals surface area contributed by atoms with Gasteiger partial charge in [0.25, 0.3) is 11.9 Å². The van der Waals surface area contributed by atoms with E-state index in [0.29, 0.717) is 44.1 Å². The zero-order chi connectivity index (χ0) is 20.1. The minimum atomic E-state index is -0.0225. The zero-order valence-corrected chi connectivity index (χ0v) is 16.4. The number of hydrogen-bond acceptors (Lipinski definition) is 6. The third-order valence-corrected chi connectivity index (χ3v) is 5.65. The molecule has 1 aromatic carbocycles. The molecule has 6 rings (SSSR count). The first-order chi connectivity index (χ1) is 14.7. The van der Waals surface area contributed by atoms with Crippen molar-refractivity contribution in [2.24, 2.45) is 0 Å². The number of carbonyl (C=O) groups is 1. The van der Waals surface area contributed by atoms with Crippen molar-refractivity contribution in [2.75, 3.05) is 31.6 Å². The van der Waals surface area contributed by atoms with Gasteiger partial charge in [-0.3, -0.25) is 9.20 Å². The van der Waals surface area contributed by atoms with Gasteiger partial charge in [0.1, 0.15) is 16.9 Å². The van der Waals surface area contributed by atoms with E-state index in [-0.39, 0.29) is 5.91 Å². The molecule has 30 heavy (non-hydrogen) atoms. The molecule has 8 heteroatoms. The molecule has 1 saturated carbocycles. The van der Waals surface area contributed by atoms with Gasteiger partial charge < -0.3 is 19.4 Å². The molecular weight excluding hydrogens is 382 g/mol. The van der Waals surface area contributed by atoms with Gasteiger partial charge in [-0.25, -0.2) is 4.98 Å². The van der Waals surface area contributed by atoms with Crippen LogP contribution in [0, 0.1) is 0 Å². The van der Waals surface area contributed by atoms with Gasteiger partial charge in [-0.05, 0) is 48.2 Å². The fourth-order valence-electron chi connectivity index (χ4n) is 3.81. The number of pyridine rings is 1. The molecule has 1 N–H and O–H groups in total. The second-order valence-corrected chi connectivity index (χ2v) is 7.81. The molecule has 2 fully saturated rings. The van der Waals surface area contributed by atoms with E-state index in [2.05, 4.69) is 15.3 Å². The molecule has 1 amide bonds. The Morgan fingerprint density at radius 2 is 1.93 bits per heavy atom. The SMILES string of the molecule is O=C(c1cnc2ccc(-c3ccc4oc(NC5CC5)nc4c3)cn12)N1CCOCC1. The van der Waals surface area contributed by atoms with Gasteiger partial charge in [-0.1, -0.05) is 6.07 Å². The summed E-state index contributed by atoms with van der Waals surface area (Å²) in [6.45, 7) is 2.35. The van der Waals surface area contributed by atoms with Crippen LogP contribution in [0.1, 0.15) is 23.3 Å². The molecule has 0 atom stereocenters. The molecule has 1 aliphatic carbocycles. The maximum atomic E-state index is 13.0.